The van der Waals surface area contributed by atoms with Gasteiger partial charge in [0.25, 0.3) is 0 Å². The molecule has 0 unspecified atom stereocenters. The second-order valence-electron chi connectivity index (χ2n) is 6.24. The minimum absolute atomic E-state index is 0.331. The van der Waals surface area contributed by atoms with Gasteiger partial charge in [0.15, 0.2) is 23.3 Å². The summed E-state index contributed by atoms with van der Waals surface area (Å²) >= 11 is 0. The van der Waals surface area contributed by atoms with E-state index in [0.29, 0.717) is 37.4 Å². The van der Waals surface area contributed by atoms with E-state index in [9.17, 15) is 13.2 Å². The molecule has 26 heavy (non-hydrogen) atoms. The maximum Gasteiger partial charge on any atom is 0.194 e. The van der Waals surface area contributed by atoms with Gasteiger partial charge in [0.05, 0.1) is 5.69 Å². The number of pyridine rings is 1. The highest BCUT2D eigenvalue weighted by Crippen LogP contribution is 2.22. The first-order valence-electron chi connectivity index (χ1n) is 8.21. The van der Waals surface area contributed by atoms with E-state index in [2.05, 4.69) is 15.0 Å². The Morgan fingerprint density at radius 3 is 2.62 bits per heavy atom. The number of halogens is 3. The van der Waals surface area contributed by atoms with Crippen LogP contribution in [0.15, 0.2) is 42.9 Å². The van der Waals surface area contributed by atoms with Crippen molar-refractivity contribution in [2.45, 2.75) is 19.5 Å². The normalized spacial score (nSPS) is 14.3. The van der Waals surface area contributed by atoms with Gasteiger partial charge in [-0.1, -0.05) is 0 Å². The molecule has 0 saturated heterocycles. The van der Waals surface area contributed by atoms with Crippen LogP contribution >= 0.6 is 0 Å². The fourth-order valence-corrected chi connectivity index (χ4v) is 3.10. The number of nitrogens with zero attached hydrogens (tertiary/aromatic N) is 4. The van der Waals surface area contributed by atoms with Gasteiger partial charge in [-0.3, -0.25) is 9.88 Å². The summed E-state index contributed by atoms with van der Waals surface area (Å²) in [5, 5.41) is 0. The zero-order valence-corrected chi connectivity index (χ0v) is 13.8. The number of hydrogen-bond donors (Lipinski definition) is 0. The van der Waals surface area contributed by atoms with Crippen LogP contribution in [-0.4, -0.2) is 26.4 Å². The molecule has 0 amide bonds. The molecule has 2 aromatic heterocycles. The highest BCUT2D eigenvalue weighted by molar-refractivity contribution is 5.53. The number of rotatable bonds is 3. The quantitative estimate of drug-likeness (QED) is 0.674. The van der Waals surface area contributed by atoms with Crippen molar-refractivity contribution >= 4 is 0 Å². The van der Waals surface area contributed by atoms with Crippen LogP contribution in [0.3, 0.4) is 0 Å². The smallest absolute Gasteiger partial charge is 0.194 e. The summed E-state index contributed by atoms with van der Waals surface area (Å²) in [6.07, 6.45) is 5.90. The zero-order chi connectivity index (χ0) is 18.1. The Kier molecular flexibility index (Phi) is 4.38. The van der Waals surface area contributed by atoms with E-state index in [0.717, 1.165) is 29.0 Å². The molecule has 4 nitrogen and oxygen atoms in total. The highest BCUT2D eigenvalue weighted by Gasteiger charge is 2.20. The van der Waals surface area contributed by atoms with Gasteiger partial charge >= 0.3 is 0 Å². The Morgan fingerprint density at radius 2 is 1.88 bits per heavy atom. The molecule has 0 spiro atoms. The lowest BCUT2D eigenvalue weighted by molar-refractivity contribution is 0.242. The number of benzene rings is 1. The molecular formula is C19H15F3N4. The first kappa shape index (κ1) is 16.7. The predicted molar refractivity (Wildman–Crippen MR) is 89.4 cm³/mol. The lowest BCUT2D eigenvalue weighted by Gasteiger charge is -2.28. The average molecular weight is 356 g/mol. The molecule has 3 aromatic rings. The van der Waals surface area contributed by atoms with Crippen LogP contribution in [0.2, 0.25) is 0 Å². The van der Waals surface area contributed by atoms with E-state index in [4.69, 9.17) is 0 Å². The van der Waals surface area contributed by atoms with Gasteiger partial charge in [0.2, 0.25) is 0 Å². The van der Waals surface area contributed by atoms with Gasteiger partial charge in [0.1, 0.15) is 0 Å². The molecule has 0 aliphatic carbocycles. The van der Waals surface area contributed by atoms with Crippen molar-refractivity contribution in [3.05, 3.63) is 77.1 Å². The molecule has 4 rings (SSSR count). The van der Waals surface area contributed by atoms with Crippen LogP contribution in [0.25, 0.3) is 11.4 Å². The largest absolute Gasteiger partial charge is 0.294 e. The lowest BCUT2D eigenvalue weighted by atomic mass is 10.1. The van der Waals surface area contributed by atoms with E-state index in [-0.39, 0.29) is 0 Å². The highest BCUT2D eigenvalue weighted by atomic mass is 19.2. The number of fused-ring (bicyclic) bond motifs is 1. The topological polar surface area (TPSA) is 41.9 Å². The fourth-order valence-electron chi connectivity index (χ4n) is 3.10. The van der Waals surface area contributed by atoms with Crippen LogP contribution < -0.4 is 0 Å². The van der Waals surface area contributed by atoms with Gasteiger partial charge in [-0.15, -0.1) is 0 Å². The second kappa shape index (κ2) is 6.84. The monoisotopic (exact) mass is 356 g/mol. The molecule has 1 aliphatic rings. The molecule has 0 atom stereocenters. The lowest BCUT2D eigenvalue weighted by Crippen LogP contribution is -2.31. The predicted octanol–water partition coefficient (Wildman–Crippen LogP) is 3.51. The van der Waals surface area contributed by atoms with E-state index < -0.39 is 17.5 Å². The van der Waals surface area contributed by atoms with Crippen molar-refractivity contribution in [3.63, 3.8) is 0 Å². The molecule has 1 aliphatic heterocycles. The maximum absolute atomic E-state index is 13.4. The minimum atomic E-state index is -1.44. The van der Waals surface area contributed by atoms with E-state index in [1.807, 2.05) is 17.0 Å². The summed E-state index contributed by atoms with van der Waals surface area (Å²) < 4.78 is 39.8. The maximum atomic E-state index is 13.4. The molecule has 0 saturated carbocycles. The van der Waals surface area contributed by atoms with Gasteiger partial charge < -0.3 is 0 Å². The number of aromatic nitrogens is 3. The van der Waals surface area contributed by atoms with Gasteiger partial charge in [0, 0.05) is 55.8 Å². The van der Waals surface area contributed by atoms with Crippen molar-refractivity contribution in [1.29, 1.82) is 0 Å². The Balaban J connectivity index is 1.52. The third-order valence-electron chi connectivity index (χ3n) is 4.38. The minimum Gasteiger partial charge on any atom is -0.294 e. The standard InChI is InChI=1S/C19H15F3N4/c20-15-6-12(7-16(21)18(15)22)10-26-5-3-17-14(11-26)9-24-19(25-17)13-2-1-4-23-8-13/h1-2,4,6-9H,3,5,10-11H2. The summed E-state index contributed by atoms with van der Waals surface area (Å²) in [4.78, 5) is 15.1. The first-order chi connectivity index (χ1) is 12.6. The second-order valence-corrected chi connectivity index (χ2v) is 6.24. The molecule has 0 N–H and O–H groups in total. The van der Waals surface area contributed by atoms with Crippen molar-refractivity contribution in [2.24, 2.45) is 0 Å². The molecular weight excluding hydrogens is 341 g/mol. The van der Waals surface area contributed by atoms with Crippen LogP contribution in [0, 0.1) is 17.5 Å². The van der Waals surface area contributed by atoms with Crippen LogP contribution in [0.4, 0.5) is 13.2 Å². The molecule has 7 heteroatoms. The van der Waals surface area contributed by atoms with Crippen LogP contribution in [0.1, 0.15) is 16.8 Å². The van der Waals surface area contributed by atoms with E-state index >= 15 is 0 Å². The average Bonchev–Trinajstić information content (AvgIpc) is 2.66. The van der Waals surface area contributed by atoms with Gasteiger partial charge in [-0.25, -0.2) is 23.1 Å². The van der Waals surface area contributed by atoms with E-state index in [1.54, 1.807) is 18.6 Å². The van der Waals surface area contributed by atoms with Gasteiger partial charge in [-0.2, -0.15) is 0 Å². The third-order valence-corrected chi connectivity index (χ3v) is 4.38. The third kappa shape index (κ3) is 3.30. The summed E-state index contributed by atoms with van der Waals surface area (Å²) in [5.74, 6) is -3.13. The molecule has 0 fully saturated rings. The number of hydrogen-bond acceptors (Lipinski definition) is 4. The van der Waals surface area contributed by atoms with Gasteiger partial charge in [-0.05, 0) is 29.8 Å². The summed E-state index contributed by atoms with van der Waals surface area (Å²) in [5.41, 5.74) is 3.20. The van der Waals surface area contributed by atoms with Crippen LogP contribution in [0.5, 0.6) is 0 Å². The Hall–Kier alpha value is -2.80. The molecule has 1 aromatic carbocycles. The Bertz CT molecular complexity index is 924. The van der Waals surface area contributed by atoms with Crippen molar-refractivity contribution < 1.29 is 13.2 Å². The summed E-state index contributed by atoms with van der Waals surface area (Å²) in [6, 6.07) is 5.81. The fraction of sp³-hybridized carbons (Fsp3) is 0.211. The summed E-state index contributed by atoms with van der Waals surface area (Å²) in [7, 11) is 0. The molecule has 3 heterocycles. The Morgan fingerprint density at radius 1 is 1.08 bits per heavy atom. The van der Waals surface area contributed by atoms with Crippen molar-refractivity contribution in [1.82, 2.24) is 19.9 Å². The van der Waals surface area contributed by atoms with E-state index in [1.165, 1.54) is 0 Å². The molecule has 0 radical (unpaired) electrons. The Labute approximate surface area is 148 Å². The molecule has 132 valence electrons. The first-order valence-corrected chi connectivity index (χ1v) is 8.21. The summed E-state index contributed by atoms with van der Waals surface area (Å²) in [6.45, 7) is 1.60. The molecule has 0 bridgehead atoms. The zero-order valence-electron chi connectivity index (χ0n) is 13.8. The SMILES string of the molecule is Fc1cc(CN2CCc3nc(-c4cccnc4)ncc3C2)cc(F)c1F. The van der Waals surface area contributed by atoms with Crippen molar-refractivity contribution in [2.75, 3.05) is 6.54 Å². The van der Waals surface area contributed by atoms with Crippen LogP contribution in [-0.2, 0) is 19.5 Å². The van der Waals surface area contributed by atoms with Crippen molar-refractivity contribution in [3.8, 4) is 11.4 Å².